The van der Waals surface area contributed by atoms with E-state index in [1.165, 1.54) is 18.2 Å². The van der Waals surface area contributed by atoms with Crippen LogP contribution in [0.15, 0.2) is 23.1 Å². The van der Waals surface area contributed by atoms with E-state index in [1.54, 1.807) is 6.92 Å². The minimum absolute atomic E-state index is 0.0204. The van der Waals surface area contributed by atoms with Crippen molar-refractivity contribution in [2.24, 2.45) is 5.14 Å². The van der Waals surface area contributed by atoms with Gasteiger partial charge in [-0.2, -0.15) is 0 Å². The molecule has 0 heterocycles. The van der Waals surface area contributed by atoms with E-state index in [2.05, 4.69) is 5.32 Å². The summed E-state index contributed by atoms with van der Waals surface area (Å²) in [5, 5.41) is 7.98. The summed E-state index contributed by atoms with van der Waals surface area (Å²) >= 11 is 0. The van der Waals surface area contributed by atoms with Crippen LogP contribution in [-0.4, -0.2) is 27.0 Å². The van der Waals surface area contributed by atoms with Crippen molar-refractivity contribution in [2.75, 3.05) is 6.61 Å². The summed E-state index contributed by atoms with van der Waals surface area (Å²) in [6.45, 7) is 5.97. The van der Waals surface area contributed by atoms with Crippen molar-refractivity contribution < 1.29 is 17.9 Å². The second kappa shape index (κ2) is 7.42. The summed E-state index contributed by atoms with van der Waals surface area (Å²) in [4.78, 5) is 11.9. The fourth-order valence-corrected chi connectivity index (χ4v) is 2.66. The Morgan fingerprint density at radius 3 is 2.57 bits per heavy atom. The molecule has 0 saturated heterocycles. The zero-order valence-electron chi connectivity index (χ0n) is 12.5. The standard InChI is InChI=1S/C14H22N2O4S/c1-4-6-10(3)16-14(17)11-7-8-12(20-5-2)13(9-11)21(15,18)19/h7-10H,4-6H2,1-3H3,(H,16,17)(H2,15,18,19). The maximum absolute atomic E-state index is 12.1. The predicted molar refractivity (Wildman–Crippen MR) is 80.8 cm³/mol. The van der Waals surface area contributed by atoms with Gasteiger partial charge in [0.15, 0.2) is 0 Å². The zero-order chi connectivity index (χ0) is 16.0. The normalized spacial score (nSPS) is 12.8. The van der Waals surface area contributed by atoms with Crippen LogP contribution in [0.2, 0.25) is 0 Å². The molecule has 0 aromatic heterocycles. The van der Waals surface area contributed by atoms with Crippen molar-refractivity contribution in [3.8, 4) is 5.75 Å². The minimum atomic E-state index is -3.96. The lowest BCUT2D eigenvalue weighted by atomic mass is 10.1. The topological polar surface area (TPSA) is 98.5 Å². The first-order valence-electron chi connectivity index (χ1n) is 6.90. The Morgan fingerprint density at radius 2 is 2.05 bits per heavy atom. The summed E-state index contributed by atoms with van der Waals surface area (Å²) in [6.07, 6.45) is 1.80. The van der Waals surface area contributed by atoms with Gasteiger partial charge >= 0.3 is 0 Å². The number of hydrogen-bond acceptors (Lipinski definition) is 4. The molecule has 1 aromatic rings. The highest BCUT2D eigenvalue weighted by Crippen LogP contribution is 2.24. The van der Waals surface area contributed by atoms with Crippen LogP contribution in [0, 0.1) is 0 Å². The maximum Gasteiger partial charge on any atom is 0.251 e. The van der Waals surface area contributed by atoms with Gasteiger partial charge in [0.05, 0.1) is 6.61 Å². The summed E-state index contributed by atoms with van der Waals surface area (Å²) < 4.78 is 28.4. The largest absolute Gasteiger partial charge is 0.492 e. The van der Waals surface area contributed by atoms with Crippen molar-refractivity contribution >= 4 is 15.9 Å². The lowest BCUT2D eigenvalue weighted by molar-refractivity contribution is 0.0938. The minimum Gasteiger partial charge on any atom is -0.492 e. The van der Waals surface area contributed by atoms with E-state index >= 15 is 0 Å². The second-order valence-corrected chi connectivity index (χ2v) is 6.33. The molecular formula is C14H22N2O4S. The highest BCUT2D eigenvalue weighted by atomic mass is 32.2. The van der Waals surface area contributed by atoms with Gasteiger partial charge in [0.2, 0.25) is 10.0 Å². The van der Waals surface area contributed by atoms with Crippen molar-refractivity contribution in [3.05, 3.63) is 23.8 Å². The third-order valence-electron chi connectivity index (χ3n) is 2.91. The van der Waals surface area contributed by atoms with Gasteiger partial charge in [-0.05, 0) is 38.5 Å². The van der Waals surface area contributed by atoms with Crippen molar-refractivity contribution in [2.45, 2.75) is 44.6 Å². The van der Waals surface area contributed by atoms with Crippen molar-refractivity contribution in [1.82, 2.24) is 5.32 Å². The number of carbonyl (C=O) groups is 1. The molecule has 0 saturated carbocycles. The van der Waals surface area contributed by atoms with Crippen LogP contribution in [0.5, 0.6) is 5.75 Å². The molecule has 0 spiro atoms. The zero-order valence-corrected chi connectivity index (χ0v) is 13.4. The molecule has 0 fully saturated rings. The quantitative estimate of drug-likeness (QED) is 0.799. The molecule has 1 rings (SSSR count). The van der Waals surface area contributed by atoms with Gasteiger partial charge in [-0.25, -0.2) is 13.6 Å². The molecule has 21 heavy (non-hydrogen) atoms. The average Bonchev–Trinajstić information content (AvgIpc) is 2.38. The van der Waals surface area contributed by atoms with Crippen LogP contribution in [0.25, 0.3) is 0 Å². The first-order chi connectivity index (χ1) is 9.79. The molecule has 7 heteroatoms. The Kier molecular flexibility index (Phi) is 6.17. The Hall–Kier alpha value is -1.60. The van der Waals surface area contributed by atoms with Gasteiger partial charge in [0.1, 0.15) is 10.6 Å². The fraction of sp³-hybridized carbons (Fsp3) is 0.500. The molecule has 1 amide bonds. The molecule has 1 aromatic carbocycles. The van der Waals surface area contributed by atoms with E-state index in [4.69, 9.17) is 9.88 Å². The van der Waals surface area contributed by atoms with Gasteiger partial charge in [-0.3, -0.25) is 4.79 Å². The molecule has 1 unspecified atom stereocenters. The molecule has 0 aliphatic heterocycles. The fourth-order valence-electron chi connectivity index (χ4n) is 1.96. The number of primary sulfonamides is 1. The van der Waals surface area contributed by atoms with E-state index in [-0.39, 0.29) is 28.2 Å². The highest BCUT2D eigenvalue weighted by molar-refractivity contribution is 7.89. The number of sulfonamides is 1. The molecule has 0 radical (unpaired) electrons. The van der Waals surface area contributed by atoms with Gasteiger partial charge in [0, 0.05) is 11.6 Å². The number of benzene rings is 1. The predicted octanol–water partition coefficient (Wildman–Crippen LogP) is 1.65. The van der Waals surface area contributed by atoms with Crippen LogP contribution >= 0.6 is 0 Å². The van der Waals surface area contributed by atoms with Crippen molar-refractivity contribution in [3.63, 3.8) is 0 Å². The van der Waals surface area contributed by atoms with Crippen LogP contribution in [0.4, 0.5) is 0 Å². The van der Waals surface area contributed by atoms with E-state index < -0.39 is 10.0 Å². The monoisotopic (exact) mass is 314 g/mol. The summed E-state index contributed by atoms with van der Waals surface area (Å²) in [5.41, 5.74) is 0.241. The molecule has 3 N–H and O–H groups in total. The third kappa shape index (κ3) is 5.02. The Balaban J connectivity index is 3.08. The van der Waals surface area contributed by atoms with Gasteiger partial charge in [-0.15, -0.1) is 0 Å². The number of hydrogen-bond donors (Lipinski definition) is 2. The van der Waals surface area contributed by atoms with Gasteiger partial charge in [-0.1, -0.05) is 13.3 Å². The number of carbonyl (C=O) groups excluding carboxylic acids is 1. The van der Waals surface area contributed by atoms with Crippen LogP contribution in [-0.2, 0) is 10.0 Å². The summed E-state index contributed by atoms with van der Waals surface area (Å²) in [5.74, 6) is -0.179. The number of ether oxygens (including phenoxy) is 1. The van der Waals surface area contributed by atoms with Gasteiger partial charge < -0.3 is 10.1 Å². The number of rotatable bonds is 7. The molecule has 118 valence electrons. The maximum atomic E-state index is 12.1. The molecule has 1 atom stereocenters. The Bertz CT molecular complexity index is 599. The van der Waals surface area contributed by atoms with E-state index in [9.17, 15) is 13.2 Å². The van der Waals surface area contributed by atoms with E-state index in [0.29, 0.717) is 6.61 Å². The SMILES string of the molecule is CCCC(C)NC(=O)c1ccc(OCC)c(S(N)(=O)=O)c1. The van der Waals surface area contributed by atoms with Crippen LogP contribution in [0.3, 0.4) is 0 Å². The smallest absolute Gasteiger partial charge is 0.251 e. The first kappa shape index (κ1) is 17.5. The molecule has 0 bridgehead atoms. The van der Waals surface area contributed by atoms with E-state index in [0.717, 1.165) is 12.8 Å². The summed E-state index contributed by atoms with van der Waals surface area (Å²) in [7, 11) is -3.96. The highest BCUT2D eigenvalue weighted by Gasteiger charge is 2.19. The first-order valence-corrected chi connectivity index (χ1v) is 8.44. The number of nitrogens with one attached hydrogen (secondary N) is 1. The molecule has 0 aliphatic rings. The van der Waals surface area contributed by atoms with Crippen molar-refractivity contribution in [1.29, 1.82) is 0 Å². The third-order valence-corrected chi connectivity index (χ3v) is 3.84. The van der Waals surface area contributed by atoms with Crippen LogP contribution < -0.4 is 15.2 Å². The van der Waals surface area contributed by atoms with E-state index in [1.807, 2.05) is 13.8 Å². The molecular weight excluding hydrogens is 292 g/mol. The average molecular weight is 314 g/mol. The number of nitrogens with two attached hydrogens (primary N) is 1. The van der Waals surface area contributed by atoms with Gasteiger partial charge in [0.25, 0.3) is 5.91 Å². The lowest BCUT2D eigenvalue weighted by Gasteiger charge is -2.14. The Labute approximate surface area is 125 Å². The summed E-state index contributed by atoms with van der Waals surface area (Å²) in [6, 6.07) is 4.23. The molecule has 6 nitrogen and oxygen atoms in total. The number of amides is 1. The second-order valence-electron chi connectivity index (χ2n) is 4.80. The Morgan fingerprint density at radius 1 is 1.38 bits per heavy atom. The molecule has 0 aliphatic carbocycles. The van der Waals surface area contributed by atoms with Crippen LogP contribution in [0.1, 0.15) is 44.0 Å². The lowest BCUT2D eigenvalue weighted by Crippen LogP contribution is -2.32.